The lowest BCUT2D eigenvalue weighted by Crippen LogP contribution is -2.26. The normalized spacial score (nSPS) is 10.8. The van der Waals surface area contributed by atoms with Gasteiger partial charge in [0.2, 0.25) is 0 Å². The number of benzene rings is 2. The fraction of sp³-hybridized carbons (Fsp3) is 0.130. The second-order valence-electron chi connectivity index (χ2n) is 6.79. The van der Waals surface area contributed by atoms with Gasteiger partial charge >= 0.3 is 0 Å². The SMILES string of the molecule is Cc1cccc(Nc2ccnc(C(=O)NCCc3c[nH]c4ccccc34)c2)c1. The predicted octanol–water partition coefficient (Wildman–Crippen LogP) is 4.59. The van der Waals surface area contributed by atoms with Crippen molar-refractivity contribution in [3.63, 3.8) is 0 Å². The number of pyridine rings is 1. The van der Waals surface area contributed by atoms with Crippen molar-refractivity contribution < 1.29 is 4.79 Å². The Labute approximate surface area is 163 Å². The molecule has 2 heterocycles. The number of rotatable bonds is 6. The molecule has 0 saturated carbocycles. The van der Waals surface area contributed by atoms with Gasteiger partial charge in [-0.25, -0.2) is 0 Å². The van der Waals surface area contributed by atoms with Crippen LogP contribution in [0.15, 0.2) is 73.1 Å². The third kappa shape index (κ3) is 4.04. The molecule has 0 atom stereocenters. The Bertz CT molecular complexity index is 1120. The van der Waals surface area contributed by atoms with Crippen molar-refractivity contribution in [2.45, 2.75) is 13.3 Å². The molecule has 0 aliphatic heterocycles. The first-order valence-electron chi connectivity index (χ1n) is 9.32. The lowest BCUT2D eigenvalue weighted by atomic mass is 10.1. The van der Waals surface area contributed by atoms with Crippen LogP contribution >= 0.6 is 0 Å². The average molecular weight is 370 g/mol. The third-order valence-corrected chi connectivity index (χ3v) is 4.65. The van der Waals surface area contributed by atoms with Gasteiger partial charge in [0, 0.05) is 41.2 Å². The van der Waals surface area contributed by atoms with Gasteiger partial charge in [-0.1, -0.05) is 30.3 Å². The minimum Gasteiger partial charge on any atom is -0.361 e. The first kappa shape index (κ1) is 17.8. The molecule has 0 fully saturated rings. The van der Waals surface area contributed by atoms with E-state index in [0.29, 0.717) is 12.2 Å². The van der Waals surface area contributed by atoms with E-state index in [9.17, 15) is 4.79 Å². The number of carbonyl (C=O) groups excluding carboxylic acids is 1. The molecule has 0 bridgehead atoms. The number of hydrogen-bond acceptors (Lipinski definition) is 3. The van der Waals surface area contributed by atoms with Crippen molar-refractivity contribution in [2.75, 3.05) is 11.9 Å². The molecule has 0 radical (unpaired) electrons. The summed E-state index contributed by atoms with van der Waals surface area (Å²) >= 11 is 0. The van der Waals surface area contributed by atoms with Gasteiger partial charge in [-0.15, -0.1) is 0 Å². The molecule has 0 unspecified atom stereocenters. The smallest absolute Gasteiger partial charge is 0.269 e. The summed E-state index contributed by atoms with van der Waals surface area (Å²) in [6, 6.07) is 19.9. The van der Waals surface area contributed by atoms with Crippen molar-refractivity contribution in [1.82, 2.24) is 15.3 Å². The Morgan fingerprint density at radius 1 is 1.04 bits per heavy atom. The monoisotopic (exact) mass is 370 g/mol. The van der Waals surface area contributed by atoms with Crippen LogP contribution in [-0.4, -0.2) is 22.4 Å². The Morgan fingerprint density at radius 2 is 1.89 bits per heavy atom. The van der Waals surface area contributed by atoms with Crippen LogP contribution in [0.2, 0.25) is 0 Å². The van der Waals surface area contributed by atoms with E-state index in [1.807, 2.05) is 55.6 Å². The lowest BCUT2D eigenvalue weighted by Gasteiger charge is -2.09. The Morgan fingerprint density at radius 3 is 2.79 bits per heavy atom. The number of amides is 1. The van der Waals surface area contributed by atoms with Crippen molar-refractivity contribution in [3.05, 3.63) is 89.9 Å². The minimum absolute atomic E-state index is 0.173. The molecule has 0 spiro atoms. The summed E-state index contributed by atoms with van der Waals surface area (Å²) in [6.07, 6.45) is 4.41. The van der Waals surface area contributed by atoms with Gasteiger partial charge in [0.1, 0.15) is 5.69 Å². The van der Waals surface area contributed by atoms with Crippen LogP contribution in [0, 0.1) is 6.92 Å². The number of carbonyl (C=O) groups is 1. The number of fused-ring (bicyclic) bond motifs is 1. The van der Waals surface area contributed by atoms with Crippen molar-refractivity contribution in [2.24, 2.45) is 0 Å². The number of para-hydroxylation sites is 1. The number of anilines is 2. The van der Waals surface area contributed by atoms with E-state index < -0.39 is 0 Å². The maximum absolute atomic E-state index is 12.5. The van der Waals surface area contributed by atoms with E-state index in [4.69, 9.17) is 0 Å². The highest BCUT2D eigenvalue weighted by Gasteiger charge is 2.09. The second-order valence-corrected chi connectivity index (χ2v) is 6.79. The molecule has 4 aromatic rings. The first-order valence-corrected chi connectivity index (χ1v) is 9.32. The first-order chi connectivity index (χ1) is 13.7. The standard InChI is InChI=1S/C23H22N4O/c1-16-5-4-6-18(13-16)27-19-10-12-24-22(14-19)23(28)25-11-9-17-15-26-21-8-3-2-7-20(17)21/h2-8,10,12-15,26H,9,11H2,1H3,(H,24,27)(H,25,28). The molecule has 2 aromatic carbocycles. The number of nitrogens with one attached hydrogen (secondary N) is 3. The fourth-order valence-corrected chi connectivity index (χ4v) is 3.26. The van der Waals surface area contributed by atoms with Gasteiger partial charge in [0.05, 0.1) is 0 Å². The van der Waals surface area contributed by atoms with E-state index in [2.05, 4.69) is 32.7 Å². The van der Waals surface area contributed by atoms with Crippen LogP contribution in [-0.2, 0) is 6.42 Å². The van der Waals surface area contributed by atoms with E-state index in [0.717, 1.165) is 23.3 Å². The van der Waals surface area contributed by atoms with Gasteiger partial charge in [0.25, 0.3) is 5.91 Å². The molecule has 3 N–H and O–H groups in total. The van der Waals surface area contributed by atoms with Crippen molar-refractivity contribution in [3.8, 4) is 0 Å². The molecule has 0 aliphatic carbocycles. The van der Waals surface area contributed by atoms with E-state index in [-0.39, 0.29) is 5.91 Å². The third-order valence-electron chi connectivity index (χ3n) is 4.65. The van der Waals surface area contributed by atoms with Gasteiger partial charge in [-0.2, -0.15) is 0 Å². The zero-order valence-corrected chi connectivity index (χ0v) is 15.7. The van der Waals surface area contributed by atoms with E-state index >= 15 is 0 Å². The number of aromatic nitrogens is 2. The summed E-state index contributed by atoms with van der Waals surface area (Å²) in [4.78, 5) is 20.0. The van der Waals surface area contributed by atoms with Gasteiger partial charge < -0.3 is 15.6 Å². The van der Waals surface area contributed by atoms with Crippen molar-refractivity contribution >= 4 is 28.2 Å². The summed E-state index contributed by atoms with van der Waals surface area (Å²) < 4.78 is 0. The van der Waals surface area contributed by atoms with Gasteiger partial charge in [0.15, 0.2) is 0 Å². The molecule has 4 rings (SSSR count). The maximum atomic E-state index is 12.5. The molecule has 140 valence electrons. The second kappa shape index (κ2) is 7.96. The molecule has 1 amide bonds. The quantitative estimate of drug-likeness (QED) is 0.465. The highest BCUT2D eigenvalue weighted by atomic mass is 16.1. The number of nitrogens with zero attached hydrogens (tertiary/aromatic N) is 1. The van der Waals surface area contributed by atoms with Crippen LogP contribution < -0.4 is 10.6 Å². The summed E-state index contributed by atoms with van der Waals surface area (Å²) in [5, 5.41) is 7.47. The Hall–Kier alpha value is -3.60. The molecule has 0 saturated heterocycles. The minimum atomic E-state index is -0.173. The van der Waals surface area contributed by atoms with Crippen LogP contribution in [0.3, 0.4) is 0 Å². The van der Waals surface area contributed by atoms with Crippen LogP contribution in [0.4, 0.5) is 11.4 Å². The number of aromatic amines is 1. The van der Waals surface area contributed by atoms with Crippen molar-refractivity contribution in [1.29, 1.82) is 0 Å². The van der Waals surface area contributed by atoms with E-state index in [1.54, 1.807) is 12.3 Å². The molecular formula is C23H22N4O. The van der Waals surface area contributed by atoms with Gasteiger partial charge in [-0.3, -0.25) is 9.78 Å². The highest BCUT2D eigenvalue weighted by molar-refractivity contribution is 5.93. The summed E-state index contributed by atoms with van der Waals surface area (Å²) in [7, 11) is 0. The predicted molar refractivity (Wildman–Crippen MR) is 113 cm³/mol. The summed E-state index contributed by atoms with van der Waals surface area (Å²) in [6.45, 7) is 2.60. The molecular weight excluding hydrogens is 348 g/mol. The molecule has 5 heteroatoms. The van der Waals surface area contributed by atoms with E-state index in [1.165, 1.54) is 16.5 Å². The van der Waals surface area contributed by atoms with Crippen LogP contribution in [0.25, 0.3) is 10.9 Å². The summed E-state index contributed by atoms with van der Waals surface area (Å²) in [5.41, 5.74) is 5.70. The number of hydrogen-bond donors (Lipinski definition) is 3. The summed E-state index contributed by atoms with van der Waals surface area (Å²) in [5.74, 6) is -0.173. The van der Waals surface area contributed by atoms with Crippen LogP contribution in [0.5, 0.6) is 0 Å². The molecule has 2 aromatic heterocycles. The zero-order chi connectivity index (χ0) is 19.3. The topological polar surface area (TPSA) is 69.8 Å². The zero-order valence-electron chi connectivity index (χ0n) is 15.7. The number of aryl methyl sites for hydroxylation is 1. The average Bonchev–Trinajstić information content (AvgIpc) is 3.11. The fourth-order valence-electron chi connectivity index (χ4n) is 3.26. The lowest BCUT2D eigenvalue weighted by molar-refractivity contribution is 0.0949. The highest BCUT2D eigenvalue weighted by Crippen LogP contribution is 2.19. The Kier molecular flexibility index (Phi) is 5.06. The molecule has 5 nitrogen and oxygen atoms in total. The largest absolute Gasteiger partial charge is 0.361 e. The maximum Gasteiger partial charge on any atom is 0.269 e. The van der Waals surface area contributed by atoms with Crippen LogP contribution in [0.1, 0.15) is 21.6 Å². The molecule has 28 heavy (non-hydrogen) atoms. The number of H-pyrrole nitrogens is 1. The molecule has 0 aliphatic rings. The Balaban J connectivity index is 1.38. The van der Waals surface area contributed by atoms with Gasteiger partial charge in [-0.05, 0) is 54.8 Å².